The topological polar surface area (TPSA) is 35.5 Å². The highest BCUT2D eigenvalue weighted by atomic mass is 16.7. The van der Waals surface area contributed by atoms with Crippen LogP contribution in [-0.2, 0) is 14.3 Å². The minimum Gasteiger partial charge on any atom is -0.356 e. The number of hydrogen-bond donors (Lipinski definition) is 0. The molecule has 0 aromatic carbocycles. The Morgan fingerprint density at radius 2 is 2.33 bits per heavy atom. The summed E-state index contributed by atoms with van der Waals surface area (Å²) in [6, 6.07) is 0. The first-order valence-corrected chi connectivity index (χ1v) is 4.48. The van der Waals surface area contributed by atoms with Crippen LogP contribution >= 0.6 is 0 Å². The average molecular weight is 170 g/mol. The average Bonchev–Trinajstić information content (AvgIpc) is 2.61. The minimum atomic E-state index is -0.0669. The summed E-state index contributed by atoms with van der Waals surface area (Å²) in [6.07, 6.45) is 4.20. The normalized spacial score (nSPS) is 46.1. The van der Waals surface area contributed by atoms with E-state index in [1.54, 1.807) is 7.11 Å². The largest absolute Gasteiger partial charge is 0.356 e. The van der Waals surface area contributed by atoms with Crippen LogP contribution in [-0.4, -0.2) is 25.8 Å². The van der Waals surface area contributed by atoms with Crippen LogP contribution in [0.5, 0.6) is 0 Å². The van der Waals surface area contributed by atoms with E-state index in [1.807, 2.05) is 0 Å². The lowest BCUT2D eigenvalue weighted by Gasteiger charge is -2.09. The van der Waals surface area contributed by atoms with Crippen molar-refractivity contribution in [3.05, 3.63) is 0 Å². The summed E-state index contributed by atoms with van der Waals surface area (Å²) < 4.78 is 10.7. The Bertz CT molecular complexity index is 181. The number of carbonyl (C=O) groups excluding carboxylic acids is 1. The molecule has 3 nitrogen and oxygen atoms in total. The van der Waals surface area contributed by atoms with Crippen LogP contribution in [0, 0.1) is 11.8 Å². The summed E-state index contributed by atoms with van der Waals surface area (Å²) >= 11 is 0. The summed E-state index contributed by atoms with van der Waals surface area (Å²) in [6.45, 7) is 0. The van der Waals surface area contributed by atoms with E-state index in [1.165, 1.54) is 0 Å². The highest BCUT2D eigenvalue weighted by Gasteiger charge is 2.44. The fourth-order valence-electron chi connectivity index (χ4n) is 2.35. The van der Waals surface area contributed by atoms with Crippen molar-refractivity contribution in [3.8, 4) is 0 Å². The highest BCUT2D eigenvalue weighted by Crippen LogP contribution is 2.42. The van der Waals surface area contributed by atoms with Crippen molar-refractivity contribution in [1.82, 2.24) is 0 Å². The Kier molecular flexibility index (Phi) is 2.15. The number of methoxy groups -OCH3 is 1. The second-order valence-corrected chi connectivity index (χ2v) is 3.62. The monoisotopic (exact) mass is 170 g/mol. The summed E-state index contributed by atoms with van der Waals surface area (Å²) in [5, 5.41) is 0. The van der Waals surface area contributed by atoms with E-state index in [9.17, 15) is 4.79 Å². The van der Waals surface area contributed by atoms with E-state index in [4.69, 9.17) is 9.47 Å². The zero-order valence-electron chi connectivity index (χ0n) is 7.23. The SMILES string of the molecule is CO[C@H]1C[C@@H]2[C@H](C=O)CC[C@@H]2O1. The molecule has 68 valence electrons. The van der Waals surface area contributed by atoms with Crippen molar-refractivity contribution in [2.45, 2.75) is 31.7 Å². The summed E-state index contributed by atoms with van der Waals surface area (Å²) in [5.74, 6) is 0.641. The lowest BCUT2D eigenvalue weighted by atomic mass is 9.94. The van der Waals surface area contributed by atoms with Gasteiger partial charge in [-0.05, 0) is 18.8 Å². The van der Waals surface area contributed by atoms with Crippen LogP contribution in [0.2, 0.25) is 0 Å². The van der Waals surface area contributed by atoms with Gasteiger partial charge in [-0.1, -0.05) is 0 Å². The molecule has 0 aromatic heterocycles. The second-order valence-electron chi connectivity index (χ2n) is 3.62. The maximum absolute atomic E-state index is 10.6. The fourth-order valence-corrected chi connectivity index (χ4v) is 2.35. The standard InChI is InChI=1S/C9H14O3/c1-11-9-4-7-6(5-10)2-3-8(7)12-9/h5-9H,2-4H2,1H3/t6-,7+,8-,9+/m0/s1. The molecule has 2 aliphatic rings. The Hall–Kier alpha value is -0.410. The maximum Gasteiger partial charge on any atom is 0.157 e. The molecule has 1 saturated carbocycles. The van der Waals surface area contributed by atoms with Gasteiger partial charge >= 0.3 is 0 Å². The lowest BCUT2D eigenvalue weighted by Crippen LogP contribution is -2.14. The molecular formula is C9H14O3. The number of fused-ring (bicyclic) bond motifs is 1. The first-order chi connectivity index (χ1) is 5.85. The smallest absolute Gasteiger partial charge is 0.157 e. The van der Waals surface area contributed by atoms with E-state index in [0.29, 0.717) is 5.92 Å². The molecule has 0 amide bonds. The molecule has 0 unspecified atom stereocenters. The number of rotatable bonds is 2. The molecule has 0 spiro atoms. The molecule has 2 fully saturated rings. The molecule has 1 saturated heterocycles. The molecule has 0 aromatic rings. The summed E-state index contributed by atoms with van der Waals surface area (Å²) in [7, 11) is 1.65. The van der Waals surface area contributed by atoms with Crippen molar-refractivity contribution in [2.24, 2.45) is 11.8 Å². The summed E-state index contributed by atoms with van der Waals surface area (Å²) in [4.78, 5) is 10.6. The van der Waals surface area contributed by atoms with Crippen LogP contribution in [0.1, 0.15) is 19.3 Å². The molecule has 0 N–H and O–H groups in total. The Morgan fingerprint density at radius 1 is 1.50 bits per heavy atom. The van der Waals surface area contributed by atoms with Gasteiger partial charge in [0, 0.05) is 19.4 Å². The van der Waals surface area contributed by atoms with Gasteiger partial charge in [0.2, 0.25) is 0 Å². The third kappa shape index (κ3) is 1.17. The molecule has 1 aliphatic carbocycles. The molecule has 3 heteroatoms. The van der Waals surface area contributed by atoms with E-state index < -0.39 is 0 Å². The Morgan fingerprint density at radius 3 is 3.00 bits per heavy atom. The van der Waals surface area contributed by atoms with Gasteiger partial charge in [-0.2, -0.15) is 0 Å². The van der Waals surface area contributed by atoms with Crippen molar-refractivity contribution < 1.29 is 14.3 Å². The van der Waals surface area contributed by atoms with Crippen LogP contribution in [0.25, 0.3) is 0 Å². The van der Waals surface area contributed by atoms with Gasteiger partial charge in [0.1, 0.15) is 6.29 Å². The molecule has 0 radical (unpaired) electrons. The van der Waals surface area contributed by atoms with Crippen LogP contribution in [0.15, 0.2) is 0 Å². The van der Waals surface area contributed by atoms with Crippen molar-refractivity contribution in [3.63, 3.8) is 0 Å². The third-order valence-corrected chi connectivity index (χ3v) is 3.04. The van der Waals surface area contributed by atoms with Crippen molar-refractivity contribution in [2.75, 3.05) is 7.11 Å². The summed E-state index contributed by atoms with van der Waals surface area (Å²) in [5.41, 5.74) is 0. The Balaban J connectivity index is 2.01. The Labute approximate surface area is 72.0 Å². The van der Waals surface area contributed by atoms with Crippen molar-refractivity contribution >= 4 is 6.29 Å². The molecule has 2 rings (SSSR count). The van der Waals surface area contributed by atoms with E-state index in [0.717, 1.165) is 25.5 Å². The van der Waals surface area contributed by atoms with E-state index in [-0.39, 0.29) is 18.3 Å². The number of hydrogen-bond acceptors (Lipinski definition) is 3. The first kappa shape index (κ1) is 8.20. The zero-order chi connectivity index (χ0) is 8.55. The maximum atomic E-state index is 10.6. The van der Waals surface area contributed by atoms with Gasteiger partial charge in [-0.25, -0.2) is 0 Å². The van der Waals surface area contributed by atoms with Crippen LogP contribution in [0.3, 0.4) is 0 Å². The van der Waals surface area contributed by atoms with E-state index >= 15 is 0 Å². The molecule has 12 heavy (non-hydrogen) atoms. The number of aldehydes is 1. The van der Waals surface area contributed by atoms with Gasteiger partial charge in [-0.15, -0.1) is 0 Å². The molecule has 0 bridgehead atoms. The number of ether oxygens (including phenoxy) is 2. The predicted octanol–water partition coefficient (Wildman–Crippen LogP) is 0.973. The zero-order valence-corrected chi connectivity index (χ0v) is 7.23. The quantitative estimate of drug-likeness (QED) is 0.579. The minimum absolute atomic E-state index is 0.0669. The van der Waals surface area contributed by atoms with Gasteiger partial charge in [0.05, 0.1) is 6.10 Å². The van der Waals surface area contributed by atoms with Gasteiger partial charge < -0.3 is 14.3 Å². The lowest BCUT2D eigenvalue weighted by molar-refractivity contribution is -0.114. The molecule has 1 aliphatic heterocycles. The van der Waals surface area contributed by atoms with Gasteiger partial charge in [0.25, 0.3) is 0 Å². The molecule has 4 atom stereocenters. The highest BCUT2D eigenvalue weighted by molar-refractivity contribution is 5.55. The second kappa shape index (κ2) is 3.15. The van der Waals surface area contributed by atoms with Crippen LogP contribution < -0.4 is 0 Å². The molecular weight excluding hydrogens is 156 g/mol. The first-order valence-electron chi connectivity index (χ1n) is 4.48. The predicted molar refractivity (Wildman–Crippen MR) is 42.6 cm³/mol. The van der Waals surface area contributed by atoms with Crippen LogP contribution in [0.4, 0.5) is 0 Å². The van der Waals surface area contributed by atoms with Crippen molar-refractivity contribution in [1.29, 1.82) is 0 Å². The van der Waals surface area contributed by atoms with Gasteiger partial charge in [-0.3, -0.25) is 0 Å². The third-order valence-electron chi connectivity index (χ3n) is 3.04. The van der Waals surface area contributed by atoms with E-state index in [2.05, 4.69) is 0 Å². The van der Waals surface area contributed by atoms with Gasteiger partial charge in [0.15, 0.2) is 6.29 Å². The number of carbonyl (C=O) groups is 1. The fraction of sp³-hybridized carbons (Fsp3) is 0.889. The molecule has 1 heterocycles.